The molecule has 0 aliphatic carbocycles. The maximum Gasteiger partial charge on any atom is 0.417 e. The normalized spacial score (nSPS) is 20.1. The molecule has 1 spiro atoms. The molecule has 18 heteroatoms. The van der Waals surface area contributed by atoms with E-state index in [0.29, 0.717) is 19.0 Å². The molecule has 3 aliphatic rings. The predicted octanol–water partition coefficient (Wildman–Crippen LogP) is 8.13. The molecule has 12 nitrogen and oxygen atoms in total. The summed E-state index contributed by atoms with van der Waals surface area (Å²) in [6, 6.07) is 2.44. The summed E-state index contributed by atoms with van der Waals surface area (Å²) in [5.41, 5.74) is -3.89. The van der Waals surface area contributed by atoms with Crippen LogP contribution >= 0.6 is 23.1 Å². The summed E-state index contributed by atoms with van der Waals surface area (Å²) in [6.45, 7) is 15.0. The molecule has 0 bridgehead atoms. The zero-order valence-electron chi connectivity index (χ0n) is 31.6. The number of anilines is 2. The quantitative estimate of drug-likeness (QED) is 0.203. The van der Waals surface area contributed by atoms with Crippen LogP contribution in [-0.2, 0) is 26.9 Å². The van der Waals surface area contributed by atoms with Gasteiger partial charge in [-0.25, -0.2) is 23.8 Å². The molecular formula is C37H42F4N6O6S2. The van der Waals surface area contributed by atoms with Crippen molar-refractivity contribution in [3.05, 3.63) is 40.1 Å². The molecule has 296 valence electrons. The third kappa shape index (κ3) is 7.44. The van der Waals surface area contributed by atoms with Crippen LogP contribution < -0.4 is 15.9 Å². The molecular weight excluding hydrogens is 765 g/mol. The van der Waals surface area contributed by atoms with E-state index in [0.717, 1.165) is 23.5 Å². The van der Waals surface area contributed by atoms with Gasteiger partial charge < -0.3 is 24.0 Å². The van der Waals surface area contributed by atoms with E-state index in [1.54, 1.807) is 58.3 Å². The van der Waals surface area contributed by atoms with Crippen LogP contribution in [0.15, 0.2) is 27.9 Å². The highest BCUT2D eigenvalue weighted by Crippen LogP contribution is 2.52. The van der Waals surface area contributed by atoms with Crippen molar-refractivity contribution in [1.29, 1.82) is 0 Å². The Bertz CT molecular complexity index is 2280. The summed E-state index contributed by atoms with van der Waals surface area (Å²) >= 11 is 1.95. The van der Waals surface area contributed by atoms with E-state index in [1.807, 2.05) is 6.92 Å². The number of thiazole rings is 1. The van der Waals surface area contributed by atoms with Gasteiger partial charge >= 0.3 is 24.1 Å². The Morgan fingerprint density at radius 1 is 1.00 bits per heavy atom. The molecule has 2 fully saturated rings. The minimum absolute atomic E-state index is 0.0206. The number of fused-ring (bicyclic) bond motifs is 1. The van der Waals surface area contributed by atoms with Crippen molar-refractivity contribution < 1.29 is 41.4 Å². The minimum atomic E-state index is -4.93. The Morgan fingerprint density at radius 3 is 2.31 bits per heavy atom. The number of hydrogen-bond acceptors (Lipinski definition) is 11. The molecule has 5 heterocycles. The summed E-state index contributed by atoms with van der Waals surface area (Å²) in [4.78, 5) is 52.3. The van der Waals surface area contributed by atoms with Gasteiger partial charge in [-0.15, -0.1) is 11.8 Å². The first kappa shape index (κ1) is 39.1. The summed E-state index contributed by atoms with van der Waals surface area (Å²) < 4.78 is 79.9. The number of halogens is 4. The van der Waals surface area contributed by atoms with E-state index < -0.39 is 64.1 Å². The van der Waals surface area contributed by atoms with Crippen LogP contribution in [-0.4, -0.2) is 87.0 Å². The largest absolute Gasteiger partial charge is 0.444 e. The van der Waals surface area contributed by atoms with Crippen LogP contribution in [0.5, 0.6) is 0 Å². The Morgan fingerprint density at radius 2 is 1.69 bits per heavy atom. The van der Waals surface area contributed by atoms with Gasteiger partial charge in [0.05, 0.1) is 34.5 Å². The molecule has 0 saturated carbocycles. The van der Waals surface area contributed by atoms with E-state index in [-0.39, 0.29) is 67.7 Å². The molecule has 7 rings (SSSR count). The van der Waals surface area contributed by atoms with Gasteiger partial charge in [0, 0.05) is 64.3 Å². The van der Waals surface area contributed by atoms with Crippen molar-refractivity contribution in [3.63, 3.8) is 0 Å². The number of carbonyl (C=O) groups is 2. The van der Waals surface area contributed by atoms with Crippen molar-refractivity contribution in [2.24, 2.45) is 5.41 Å². The highest BCUT2D eigenvalue weighted by molar-refractivity contribution is 7.99. The van der Waals surface area contributed by atoms with Crippen LogP contribution in [0.4, 0.5) is 38.1 Å². The molecule has 0 radical (unpaired) electrons. The second-order valence-corrected chi connectivity index (χ2v) is 18.5. The monoisotopic (exact) mass is 806 g/mol. The lowest BCUT2D eigenvalue weighted by atomic mass is 9.88. The topological polar surface area (TPSA) is 128 Å². The number of rotatable bonds is 3. The first-order chi connectivity index (χ1) is 25.5. The number of nitrogens with one attached hydrogen (secondary N) is 1. The number of hydrogen-bond donors (Lipinski definition) is 1. The maximum atomic E-state index is 15.6. The van der Waals surface area contributed by atoms with E-state index in [2.05, 4.69) is 15.3 Å². The number of amides is 2. The van der Waals surface area contributed by atoms with E-state index in [1.165, 1.54) is 22.4 Å². The Labute approximate surface area is 322 Å². The van der Waals surface area contributed by atoms with Crippen LogP contribution in [0.25, 0.3) is 32.2 Å². The molecule has 2 aromatic carbocycles. The average Bonchev–Trinajstić information content (AvgIpc) is 3.35. The second-order valence-electron chi connectivity index (χ2n) is 16.5. The lowest BCUT2D eigenvalue weighted by Gasteiger charge is -2.45. The number of carbonyl (C=O) groups excluding carboxylic acids is 2. The molecule has 1 N–H and O–H groups in total. The van der Waals surface area contributed by atoms with E-state index >= 15 is 17.6 Å². The third-order valence-electron chi connectivity index (χ3n) is 9.60. The first-order valence-electron chi connectivity index (χ1n) is 17.8. The van der Waals surface area contributed by atoms with Gasteiger partial charge in [0.2, 0.25) is 0 Å². The second kappa shape index (κ2) is 13.5. The van der Waals surface area contributed by atoms with Crippen LogP contribution in [0.3, 0.4) is 0 Å². The molecule has 2 aromatic heterocycles. The van der Waals surface area contributed by atoms with Gasteiger partial charge in [-0.3, -0.25) is 9.88 Å². The number of alkyl halides is 3. The lowest BCUT2D eigenvalue weighted by Crippen LogP contribution is -2.59. The van der Waals surface area contributed by atoms with E-state index in [9.17, 15) is 14.4 Å². The van der Waals surface area contributed by atoms with Crippen molar-refractivity contribution in [3.8, 4) is 11.1 Å². The van der Waals surface area contributed by atoms with Gasteiger partial charge in [-0.2, -0.15) is 18.2 Å². The molecule has 4 aromatic rings. The Kier molecular flexibility index (Phi) is 9.59. The molecule has 3 aliphatic heterocycles. The zero-order chi connectivity index (χ0) is 40.0. The number of aromatic nitrogens is 3. The molecule has 0 unspecified atom stereocenters. The first-order valence-corrected chi connectivity index (χ1v) is 19.6. The minimum Gasteiger partial charge on any atom is -0.444 e. The van der Waals surface area contributed by atoms with Crippen molar-refractivity contribution >= 4 is 67.4 Å². The van der Waals surface area contributed by atoms with Gasteiger partial charge in [0.25, 0.3) is 0 Å². The van der Waals surface area contributed by atoms with Crippen molar-refractivity contribution in [2.75, 3.05) is 42.3 Å². The molecule has 2 atom stereocenters. The van der Waals surface area contributed by atoms with Gasteiger partial charge in [-0.1, -0.05) is 11.3 Å². The van der Waals surface area contributed by atoms with Crippen LogP contribution in [0.1, 0.15) is 61.0 Å². The van der Waals surface area contributed by atoms with Crippen molar-refractivity contribution in [2.45, 2.75) is 96.3 Å². The molecule has 2 saturated heterocycles. The predicted molar refractivity (Wildman–Crippen MR) is 203 cm³/mol. The van der Waals surface area contributed by atoms with Crippen molar-refractivity contribution in [1.82, 2.24) is 19.4 Å². The molecule has 55 heavy (non-hydrogen) atoms. The summed E-state index contributed by atoms with van der Waals surface area (Å²) in [7, 11) is 0. The van der Waals surface area contributed by atoms with Crippen LogP contribution in [0.2, 0.25) is 0 Å². The van der Waals surface area contributed by atoms with Gasteiger partial charge in [0.15, 0.2) is 5.13 Å². The summed E-state index contributed by atoms with van der Waals surface area (Å²) in [5.74, 6) is -0.327. The summed E-state index contributed by atoms with van der Waals surface area (Å²) in [5, 5.41) is 2.53. The fourth-order valence-corrected chi connectivity index (χ4v) is 9.49. The fraction of sp³-hybridized carbons (Fsp3) is 0.541. The highest BCUT2D eigenvalue weighted by Gasteiger charge is 2.45. The number of thioether (sulfide) groups is 1. The Balaban J connectivity index is 1.44. The standard InChI is InChI=1S/C37H42F4N6O6S2/c1-18-13-46(33(50)53-35(6,7)8)19(2)12-45(18)29-21-11-22(37(39,40)41)24(28-26(21)47(31(48)43-29)14-36(17-54-28)15-51-16-36)20-9-10-23(38)27-25(20)42-30(55-27)44-32(49)52-34(3,4)5/h9-11,18-19H,12-17H2,1-8H3,(H,42,44,49)/t18-,19+/m0/s1. The number of benzene rings is 2. The molecule has 2 amide bonds. The fourth-order valence-electron chi connectivity index (χ4n) is 7.18. The van der Waals surface area contributed by atoms with E-state index in [4.69, 9.17) is 14.2 Å². The maximum absolute atomic E-state index is 15.6. The van der Waals surface area contributed by atoms with Crippen LogP contribution in [0, 0.1) is 11.2 Å². The van der Waals surface area contributed by atoms with Gasteiger partial charge in [0.1, 0.15) is 22.8 Å². The third-order valence-corrected chi connectivity index (χ3v) is 12.0. The number of nitrogens with zero attached hydrogens (tertiary/aromatic N) is 5. The smallest absolute Gasteiger partial charge is 0.417 e. The Hall–Kier alpha value is -4.16. The van der Waals surface area contributed by atoms with Gasteiger partial charge in [-0.05, 0) is 73.6 Å². The number of piperazine rings is 1. The number of ether oxygens (including phenoxy) is 3. The average molecular weight is 807 g/mol. The highest BCUT2D eigenvalue weighted by atomic mass is 32.2. The zero-order valence-corrected chi connectivity index (χ0v) is 33.3. The SMILES string of the molecule is C[C@@H]1CN(c2nc(=O)n3c4c(c(-c5ccc(F)c6sc(NC(=O)OC(C)(C)C)nc56)c(C(F)(F)F)cc24)SCC2(COC2)C3)[C@@H](C)CN1C(=O)OC(C)(C)C. The lowest BCUT2D eigenvalue weighted by molar-refractivity contribution is -0.137. The summed E-state index contributed by atoms with van der Waals surface area (Å²) in [6.07, 6.45) is -6.30.